The molecule has 2 aromatic heterocycles. The van der Waals surface area contributed by atoms with Crippen molar-refractivity contribution in [2.24, 2.45) is 11.8 Å². The number of hydrogen-bond donors (Lipinski definition) is 0. The standard InChI is InChI=1S/C30H32F3N5O/c1-18(2)16-37(20(4)21-8-6-5-7-9-21)28-15-25(22-12-23(31)29(33)24(32)13-22)34-27-14-26(35-38(27)28)30(39)36-11-10-19(3)17-36/h5-9,12-15,18-20H,10-11,16-17H2,1-4H3/t19?,20-/m0/s1. The number of fused-ring (bicyclic) bond motifs is 1. The van der Waals surface area contributed by atoms with E-state index in [2.05, 4.69) is 42.7 Å². The van der Waals surface area contributed by atoms with Crippen molar-refractivity contribution in [1.29, 1.82) is 0 Å². The third-order valence-electron chi connectivity index (χ3n) is 7.22. The van der Waals surface area contributed by atoms with E-state index in [9.17, 15) is 18.0 Å². The van der Waals surface area contributed by atoms with E-state index in [-0.39, 0.29) is 34.8 Å². The minimum absolute atomic E-state index is 0.0921. The Morgan fingerprint density at radius 3 is 2.36 bits per heavy atom. The van der Waals surface area contributed by atoms with Crippen molar-refractivity contribution in [1.82, 2.24) is 19.5 Å². The molecule has 5 rings (SSSR count). The first kappa shape index (κ1) is 26.7. The molecule has 1 aliphatic heterocycles. The number of likely N-dealkylation sites (tertiary alicyclic amines) is 1. The van der Waals surface area contributed by atoms with Crippen LogP contribution in [0.4, 0.5) is 19.0 Å². The molecule has 0 radical (unpaired) electrons. The van der Waals surface area contributed by atoms with Gasteiger partial charge in [0.2, 0.25) is 0 Å². The zero-order valence-electron chi connectivity index (χ0n) is 22.5. The molecule has 3 heterocycles. The number of hydrogen-bond acceptors (Lipinski definition) is 4. The third kappa shape index (κ3) is 5.35. The Labute approximate surface area is 226 Å². The third-order valence-corrected chi connectivity index (χ3v) is 7.22. The van der Waals surface area contributed by atoms with Crippen molar-refractivity contribution < 1.29 is 18.0 Å². The molecule has 0 saturated carbocycles. The van der Waals surface area contributed by atoms with Crippen LogP contribution >= 0.6 is 0 Å². The fourth-order valence-corrected chi connectivity index (χ4v) is 5.16. The summed E-state index contributed by atoms with van der Waals surface area (Å²) in [5.74, 6) is -3.01. The van der Waals surface area contributed by atoms with Crippen LogP contribution in [0.25, 0.3) is 16.9 Å². The summed E-state index contributed by atoms with van der Waals surface area (Å²) >= 11 is 0. The van der Waals surface area contributed by atoms with E-state index in [1.54, 1.807) is 21.5 Å². The molecule has 1 amide bonds. The summed E-state index contributed by atoms with van der Waals surface area (Å²) in [7, 11) is 0. The molecule has 39 heavy (non-hydrogen) atoms. The molecule has 2 atom stereocenters. The van der Waals surface area contributed by atoms with Gasteiger partial charge in [0.15, 0.2) is 28.8 Å². The van der Waals surface area contributed by atoms with Gasteiger partial charge in [-0.1, -0.05) is 51.1 Å². The predicted octanol–water partition coefficient (Wildman–Crippen LogP) is 6.52. The monoisotopic (exact) mass is 535 g/mol. The van der Waals surface area contributed by atoms with Gasteiger partial charge in [-0.2, -0.15) is 9.61 Å². The number of benzene rings is 2. The van der Waals surface area contributed by atoms with Crippen LogP contribution in [0.15, 0.2) is 54.6 Å². The minimum Gasteiger partial charge on any atom is -0.349 e. The van der Waals surface area contributed by atoms with E-state index in [0.717, 1.165) is 24.1 Å². The Balaban J connectivity index is 1.69. The van der Waals surface area contributed by atoms with Crippen LogP contribution in [-0.2, 0) is 0 Å². The number of nitrogens with zero attached hydrogens (tertiary/aromatic N) is 5. The first-order chi connectivity index (χ1) is 18.6. The van der Waals surface area contributed by atoms with E-state index in [4.69, 9.17) is 0 Å². The quantitative estimate of drug-likeness (QED) is 0.253. The van der Waals surface area contributed by atoms with Gasteiger partial charge < -0.3 is 9.80 Å². The lowest BCUT2D eigenvalue weighted by Gasteiger charge is -2.33. The highest BCUT2D eigenvalue weighted by Gasteiger charge is 2.28. The molecule has 0 N–H and O–H groups in total. The predicted molar refractivity (Wildman–Crippen MR) is 145 cm³/mol. The summed E-state index contributed by atoms with van der Waals surface area (Å²) in [4.78, 5) is 21.9. The van der Waals surface area contributed by atoms with Crippen molar-refractivity contribution in [3.05, 3.63) is 83.3 Å². The first-order valence-electron chi connectivity index (χ1n) is 13.3. The number of halogens is 3. The Bertz CT molecular complexity index is 1480. The molecule has 1 fully saturated rings. The smallest absolute Gasteiger partial charge is 0.274 e. The maximum absolute atomic E-state index is 14.2. The normalized spacial score (nSPS) is 16.3. The minimum atomic E-state index is -1.53. The largest absolute Gasteiger partial charge is 0.349 e. The molecule has 0 spiro atoms. The number of carbonyl (C=O) groups excluding carboxylic acids is 1. The van der Waals surface area contributed by atoms with Crippen LogP contribution < -0.4 is 4.90 Å². The fourth-order valence-electron chi connectivity index (χ4n) is 5.16. The number of amides is 1. The second kappa shape index (κ2) is 10.7. The summed E-state index contributed by atoms with van der Waals surface area (Å²) in [5, 5.41) is 4.68. The van der Waals surface area contributed by atoms with Gasteiger partial charge in [0.1, 0.15) is 5.82 Å². The highest BCUT2D eigenvalue weighted by Crippen LogP contribution is 2.33. The van der Waals surface area contributed by atoms with Crippen LogP contribution in [0.5, 0.6) is 0 Å². The van der Waals surface area contributed by atoms with E-state index in [0.29, 0.717) is 37.0 Å². The lowest BCUT2D eigenvalue weighted by atomic mass is 10.0. The lowest BCUT2D eigenvalue weighted by molar-refractivity contribution is 0.0782. The Hall–Kier alpha value is -3.88. The van der Waals surface area contributed by atoms with Gasteiger partial charge >= 0.3 is 0 Å². The average molecular weight is 536 g/mol. The van der Waals surface area contributed by atoms with E-state index in [1.807, 2.05) is 30.3 Å². The van der Waals surface area contributed by atoms with Crippen LogP contribution in [0.1, 0.15) is 56.2 Å². The molecule has 9 heteroatoms. The van der Waals surface area contributed by atoms with Gasteiger partial charge in [-0.05, 0) is 42.9 Å². The second-order valence-corrected chi connectivity index (χ2v) is 10.8. The molecule has 204 valence electrons. The van der Waals surface area contributed by atoms with Gasteiger partial charge in [0.05, 0.1) is 11.7 Å². The maximum atomic E-state index is 14.2. The topological polar surface area (TPSA) is 53.7 Å². The van der Waals surface area contributed by atoms with Gasteiger partial charge in [-0.25, -0.2) is 18.2 Å². The summed E-state index contributed by atoms with van der Waals surface area (Å²) in [6, 6.07) is 15.0. The van der Waals surface area contributed by atoms with Crippen molar-refractivity contribution >= 4 is 17.4 Å². The molecule has 1 aliphatic rings. The van der Waals surface area contributed by atoms with Gasteiger partial charge in [-0.3, -0.25) is 4.79 Å². The highest BCUT2D eigenvalue weighted by atomic mass is 19.2. The molecule has 2 aromatic carbocycles. The zero-order chi connectivity index (χ0) is 27.8. The summed E-state index contributed by atoms with van der Waals surface area (Å²) < 4.78 is 43.8. The molecule has 0 bridgehead atoms. The molecule has 4 aromatic rings. The van der Waals surface area contributed by atoms with Crippen molar-refractivity contribution in [3.8, 4) is 11.3 Å². The molecular weight excluding hydrogens is 503 g/mol. The Morgan fingerprint density at radius 2 is 1.74 bits per heavy atom. The average Bonchev–Trinajstić information content (AvgIpc) is 3.55. The highest BCUT2D eigenvalue weighted by molar-refractivity contribution is 5.93. The van der Waals surface area contributed by atoms with E-state index < -0.39 is 17.5 Å². The number of anilines is 1. The molecule has 1 unspecified atom stereocenters. The number of aromatic nitrogens is 3. The van der Waals surface area contributed by atoms with E-state index >= 15 is 0 Å². The lowest BCUT2D eigenvalue weighted by Crippen LogP contribution is -2.32. The van der Waals surface area contributed by atoms with Gasteiger partial charge in [0.25, 0.3) is 5.91 Å². The van der Waals surface area contributed by atoms with Crippen molar-refractivity contribution in [2.45, 2.75) is 40.2 Å². The van der Waals surface area contributed by atoms with Crippen LogP contribution in [0.3, 0.4) is 0 Å². The van der Waals surface area contributed by atoms with Crippen molar-refractivity contribution in [3.63, 3.8) is 0 Å². The molecule has 1 saturated heterocycles. The van der Waals surface area contributed by atoms with Crippen LogP contribution in [0.2, 0.25) is 0 Å². The fraction of sp³-hybridized carbons (Fsp3) is 0.367. The molecule has 0 aliphatic carbocycles. The first-order valence-corrected chi connectivity index (χ1v) is 13.3. The van der Waals surface area contributed by atoms with Crippen LogP contribution in [-0.4, -0.2) is 45.0 Å². The van der Waals surface area contributed by atoms with Gasteiger partial charge in [0, 0.05) is 37.3 Å². The Morgan fingerprint density at radius 1 is 1.05 bits per heavy atom. The van der Waals surface area contributed by atoms with Gasteiger partial charge in [-0.15, -0.1) is 0 Å². The zero-order valence-corrected chi connectivity index (χ0v) is 22.5. The molecular formula is C30H32F3N5O. The SMILES string of the molecule is CC(C)CN(c1cc(-c2cc(F)c(F)c(F)c2)nc2cc(C(=O)N3CCC(C)C3)nn12)[C@@H](C)c1ccccc1. The number of carbonyl (C=O) groups is 1. The second-order valence-electron chi connectivity index (χ2n) is 10.8. The van der Waals surface area contributed by atoms with Crippen molar-refractivity contribution in [2.75, 3.05) is 24.5 Å². The summed E-state index contributed by atoms with van der Waals surface area (Å²) in [6.45, 7) is 10.3. The van der Waals surface area contributed by atoms with Crippen LogP contribution in [0, 0.1) is 29.3 Å². The Kier molecular flexibility index (Phi) is 7.34. The maximum Gasteiger partial charge on any atom is 0.274 e. The number of rotatable bonds is 7. The molecule has 6 nitrogen and oxygen atoms in total. The summed E-state index contributed by atoms with van der Waals surface area (Å²) in [6.07, 6.45) is 0.936. The summed E-state index contributed by atoms with van der Waals surface area (Å²) in [5.41, 5.74) is 2.02. The van der Waals surface area contributed by atoms with E-state index in [1.165, 1.54) is 0 Å².